The van der Waals surface area contributed by atoms with Gasteiger partial charge in [-0.2, -0.15) is 5.26 Å². The van der Waals surface area contributed by atoms with Crippen LogP contribution in [-0.2, 0) is 6.54 Å². The first kappa shape index (κ1) is 12.9. The highest BCUT2D eigenvalue weighted by Gasteiger charge is 2.09. The molecule has 0 unspecified atom stereocenters. The normalized spacial score (nSPS) is 9.89. The van der Waals surface area contributed by atoms with E-state index in [2.05, 4.69) is 22.9 Å². The van der Waals surface area contributed by atoms with Gasteiger partial charge >= 0.3 is 0 Å². The van der Waals surface area contributed by atoms with E-state index in [4.69, 9.17) is 11.0 Å². The zero-order chi connectivity index (χ0) is 13.7. The summed E-state index contributed by atoms with van der Waals surface area (Å²) in [5.74, 6) is 0. The topological polar surface area (TPSA) is 65.9 Å². The van der Waals surface area contributed by atoms with E-state index in [0.29, 0.717) is 11.3 Å². The predicted octanol–water partition coefficient (Wildman–Crippen LogP) is 2.56. The van der Waals surface area contributed by atoms with E-state index in [-0.39, 0.29) is 0 Å². The maximum absolute atomic E-state index is 8.98. The highest BCUT2D eigenvalue weighted by Crippen LogP contribution is 2.25. The van der Waals surface area contributed by atoms with E-state index < -0.39 is 0 Å². The lowest BCUT2D eigenvalue weighted by atomic mass is 10.1. The van der Waals surface area contributed by atoms with Gasteiger partial charge in [-0.1, -0.05) is 0 Å². The Morgan fingerprint density at radius 2 is 2.00 bits per heavy atom. The second kappa shape index (κ2) is 5.87. The summed E-state index contributed by atoms with van der Waals surface area (Å²) in [6.45, 7) is 3.64. The molecule has 1 heterocycles. The van der Waals surface area contributed by atoms with Gasteiger partial charge in [0.1, 0.15) is 0 Å². The number of nitrogen functional groups attached to an aromatic ring is 1. The van der Waals surface area contributed by atoms with Crippen LogP contribution >= 0.6 is 0 Å². The molecular weight excluding hydrogens is 236 g/mol. The Balaban J connectivity index is 2.30. The molecule has 2 N–H and O–H groups in total. The first-order chi connectivity index (χ1) is 9.24. The first-order valence-corrected chi connectivity index (χ1v) is 6.18. The maximum Gasteiger partial charge on any atom is 0.0992 e. The van der Waals surface area contributed by atoms with Gasteiger partial charge in [-0.05, 0) is 42.8 Å². The van der Waals surface area contributed by atoms with Gasteiger partial charge < -0.3 is 10.6 Å². The molecule has 0 radical (unpaired) electrons. The van der Waals surface area contributed by atoms with Crippen LogP contribution in [0.3, 0.4) is 0 Å². The molecule has 0 bridgehead atoms. The van der Waals surface area contributed by atoms with E-state index in [1.165, 1.54) is 5.56 Å². The Labute approximate surface area is 113 Å². The molecule has 4 heteroatoms. The quantitative estimate of drug-likeness (QED) is 0.849. The van der Waals surface area contributed by atoms with Gasteiger partial charge in [-0.15, -0.1) is 0 Å². The molecular formula is C15H16N4. The minimum absolute atomic E-state index is 0.623. The van der Waals surface area contributed by atoms with Crippen LogP contribution in [-0.4, -0.2) is 11.5 Å². The third-order valence-electron chi connectivity index (χ3n) is 3.00. The van der Waals surface area contributed by atoms with Crippen molar-refractivity contribution in [2.75, 3.05) is 17.2 Å². The van der Waals surface area contributed by atoms with Gasteiger partial charge in [-0.25, -0.2) is 0 Å². The number of rotatable bonds is 4. The largest absolute Gasteiger partial charge is 0.397 e. The third-order valence-corrected chi connectivity index (χ3v) is 3.00. The average Bonchev–Trinajstić information content (AvgIpc) is 2.47. The van der Waals surface area contributed by atoms with Crippen molar-refractivity contribution in [3.63, 3.8) is 0 Å². The van der Waals surface area contributed by atoms with E-state index >= 15 is 0 Å². The third kappa shape index (κ3) is 3.02. The molecule has 2 rings (SSSR count). The highest BCUT2D eigenvalue weighted by molar-refractivity contribution is 5.69. The fourth-order valence-electron chi connectivity index (χ4n) is 1.96. The Hall–Kier alpha value is -2.54. The van der Waals surface area contributed by atoms with Gasteiger partial charge in [0.15, 0.2) is 0 Å². The number of hydrogen-bond donors (Lipinski definition) is 1. The van der Waals surface area contributed by atoms with Crippen LogP contribution in [0, 0.1) is 11.3 Å². The van der Waals surface area contributed by atoms with E-state index in [0.717, 1.165) is 18.8 Å². The maximum atomic E-state index is 8.98. The molecule has 0 aliphatic rings. The second-order valence-electron chi connectivity index (χ2n) is 4.26. The van der Waals surface area contributed by atoms with E-state index in [9.17, 15) is 0 Å². The van der Waals surface area contributed by atoms with Crippen molar-refractivity contribution in [2.45, 2.75) is 13.5 Å². The van der Waals surface area contributed by atoms with Crippen LogP contribution in [0.1, 0.15) is 18.1 Å². The van der Waals surface area contributed by atoms with Gasteiger partial charge in [0.05, 0.1) is 23.0 Å². The fraction of sp³-hybridized carbons (Fsp3) is 0.200. The summed E-state index contributed by atoms with van der Waals surface area (Å²) >= 11 is 0. The van der Waals surface area contributed by atoms with Crippen LogP contribution in [0.5, 0.6) is 0 Å². The number of benzene rings is 1. The van der Waals surface area contributed by atoms with E-state index in [1.54, 1.807) is 24.5 Å². The Morgan fingerprint density at radius 3 is 2.63 bits per heavy atom. The van der Waals surface area contributed by atoms with Crippen molar-refractivity contribution in [1.82, 2.24) is 4.98 Å². The molecule has 96 valence electrons. The molecule has 4 nitrogen and oxygen atoms in total. The molecule has 0 aliphatic heterocycles. The monoisotopic (exact) mass is 252 g/mol. The highest BCUT2D eigenvalue weighted by atomic mass is 15.1. The summed E-state index contributed by atoms with van der Waals surface area (Å²) in [5, 5.41) is 8.98. The van der Waals surface area contributed by atoms with E-state index in [1.807, 2.05) is 18.2 Å². The molecule has 0 atom stereocenters. The van der Waals surface area contributed by atoms with Crippen molar-refractivity contribution in [1.29, 1.82) is 5.26 Å². The number of anilines is 2. The lowest BCUT2D eigenvalue weighted by molar-refractivity contribution is 0.831. The minimum Gasteiger partial charge on any atom is -0.397 e. The number of nitriles is 1. The standard InChI is InChI=1S/C15H16N4/c1-2-19(11-12-5-7-18-8-6-12)15-9-13(10-16)3-4-14(15)17/h3-9H,2,11,17H2,1H3. The SMILES string of the molecule is CCN(Cc1ccncc1)c1cc(C#N)ccc1N. The minimum atomic E-state index is 0.623. The van der Waals surface area contributed by atoms with Crippen molar-refractivity contribution in [2.24, 2.45) is 0 Å². The molecule has 0 fully saturated rings. The average molecular weight is 252 g/mol. The molecule has 19 heavy (non-hydrogen) atoms. The molecule has 0 aliphatic carbocycles. The summed E-state index contributed by atoms with van der Waals surface area (Å²) in [6, 6.07) is 11.5. The summed E-state index contributed by atoms with van der Waals surface area (Å²) < 4.78 is 0. The molecule has 0 saturated heterocycles. The number of aromatic nitrogens is 1. The molecule has 0 spiro atoms. The van der Waals surface area contributed by atoms with Crippen molar-refractivity contribution in [3.8, 4) is 6.07 Å². The molecule has 0 amide bonds. The van der Waals surface area contributed by atoms with Gasteiger partial charge in [-0.3, -0.25) is 4.98 Å². The number of pyridine rings is 1. The Morgan fingerprint density at radius 1 is 1.26 bits per heavy atom. The lowest BCUT2D eigenvalue weighted by Crippen LogP contribution is -2.23. The molecule has 1 aromatic heterocycles. The number of nitrogens with two attached hydrogens (primary N) is 1. The second-order valence-corrected chi connectivity index (χ2v) is 4.26. The Bertz CT molecular complexity index is 587. The number of nitrogens with zero attached hydrogens (tertiary/aromatic N) is 3. The number of hydrogen-bond acceptors (Lipinski definition) is 4. The van der Waals surface area contributed by atoms with Crippen LogP contribution in [0.4, 0.5) is 11.4 Å². The molecule has 2 aromatic rings. The van der Waals surface area contributed by atoms with Crippen molar-refractivity contribution < 1.29 is 0 Å². The van der Waals surface area contributed by atoms with Crippen LogP contribution in [0.25, 0.3) is 0 Å². The first-order valence-electron chi connectivity index (χ1n) is 6.18. The smallest absolute Gasteiger partial charge is 0.0992 e. The van der Waals surface area contributed by atoms with Crippen molar-refractivity contribution >= 4 is 11.4 Å². The van der Waals surface area contributed by atoms with Gasteiger partial charge in [0, 0.05) is 25.5 Å². The predicted molar refractivity (Wildman–Crippen MR) is 76.5 cm³/mol. The van der Waals surface area contributed by atoms with Crippen LogP contribution in [0.2, 0.25) is 0 Å². The van der Waals surface area contributed by atoms with Gasteiger partial charge in [0.2, 0.25) is 0 Å². The van der Waals surface area contributed by atoms with Crippen LogP contribution < -0.4 is 10.6 Å². The molecule has 0 saturated carbocycles. The summed E-state index contributed by atoms with van der Waals surface area (Å²) in [5.41, 5.74) is 9.39. The zero-order valence-corrected chi connectivity index (χ0v) is 10.9. The summed E-state index contributed by atoms with van der Waals surface area (Å²) in [6.07, 6.45) is 3.55. The van der Waals surface area contributed by atoms with Crippen molar-refractivity contribution in [3.05, 3.63) is 53.9 Å². The Kier molecular flexibility index (Phi) is 3.99. The van der Waals surface area contributed by atoms with Crippen LogP contribution in [0.15, 0.2) is 42.7 Å². The summed E-state index contributed by atoms with van der Waals surface area (Å²) in [7, 11) is 0. The zero-order valence-electron chi connectivity index (χ0n) is 10.9. The lowest BCUT2D eigenvalue weighted by Gasteiger charge is -2.24. The fourth-order valence-corrected chi connectivity index (χ4v) is 1.96. The summed E-state index contributed by atoms with van der Waals surface area (Å²) in [4.78, 5) is 6.15. The molecule has 1 aromatic carbocycles. The van der Waals surface area contributed by atoms with Gasteiger partial charge in [0.25, 0.3) is 0 Å².